The zero-order valence-electron chi connectivity index (χ0n) is 23.6. The minimum Gasteiger partial charge on any atom is -0.386 e. The van der Waals surface area contributed by atoms with Crippen LogP contribution in [-0.2, 0) is 11.1 Å². The Morgan fingerprint density at radius 1 is 0.974 bits per heavy atom. The van der Waals surface area contributed by atoms with Gasteiger partial charge in [-0.15, -0.1) is 0 Å². The summed E-state index contributed by atoms with van der Waals surface area (Å²) in [6.07, 6.45) is 2.02. The molecule has 0 aliphatic heterocycles. The molecular weight excluding hydrogens is 503 g/mol. The first kappa shape index (κ1) is 27.1. The van der Waals surface area contributed by atoms with E-state index < -0.39 is 13.2 Å². The quantitative estimate of drug-likeness (QED) is 0.215. The van der Waals surface area contributed by atoms with Crippen molar-refractivity contribution in [2.24, 2.45) is 0 Å². The van der Waals surface area contributed by atoms with Crippen LogP contribution in [0.15, 0.2) is 72.9 Å². The van der Waals surface area contributed by atoms with Gasteiger partial charge in [0.25, 0.3) is 0 Å². The highest BCUT2D eigenvalue weighted by Gasteiger charge is 2.24. The predicted molar refractivity (Wildman–Crippen MR) is 161 cm³/mol. The van der Waals surface area contributed by atoms with Crippen LogP contribution in [0.25, 0.3) is 27.8 Å². The van der Waals surface area contributed by atoms with Crippen LogP contribution in [0.1, 0.15) is 55.2 Å². The molecule has 0 amide bonds. The molecule has 0 fully saturated rings. The average Bonchev–Trinajstić information content (AvgIpc) is 3.49. The second-order valence-corrected chi connectivity index (χ2v) is 14.2. The first-order chi connectivity index (χ1) is 18.6. The number of benzene rings is 3. The lowest BCUT2D eigenvalue weighted by molar-refractivity contribution is 0.152. The molecule has 202 valence electrons. The van der Waals surface area contributed by atoms with Crippen molar-refractivity contribution in [1.29, 1.82) is 0 Å². The van der Waals surface area contributed by atoms with Crippen molar-refractivity contribution in [1.82, 2.24) is 19.6 Å². The summed E-state index contributed by atoms with van der Waals surface area (Å²) in [5.41, 5.74) is 8.03. The third-order valence-corrected chi connectivity index (χ3v) is 10.3. The minimum absolute atomic E-state index is 0.259. The van der Waals surface area contributed by atoms with Gasteiger partial charge in [0.05, 0.1) is 29.5 Å². The molecule has 2 atom stereocenters. The molecule has 5 rings (SSSR count). The van der Waals surface area contributed by atoms with Gasteiger partial charge in [0.2, 0.25) is 0 Å². The van der Waals surface area contributed by atoms with Crippen LogP contribution in [0.2, 0.25) is 0 Å². The molecule has 39 heavy (non-hydrogen) atoms. The van der Waals surface area contributed by atoms with Gasteiger partial charge in [-0.2, -0.15) is 10.2 Å². The summed E-state index contributed by atoms with van der Waals surface area (Å²) in [5, 5.41) is 22.7. The highest BCUT2D eigenvalue weighted by Crippen LogP contribution is 2.40. The normalized spacial score (nSPS) is 14.2. The van der Waals surface area contributed by atoms with Crippen LogP contribution in [0.3, 0.4) is 0 Å². The van der Waals surface area contributed by atoms with Gasteiger partial charge in [-0.3, -0.25) is 4.68 Å². The smallest absolute Gasteiger partial charge is 0.112 e. The van der Waals surface area contributed by atoms with Crippen LogP contribution in [0, 0.1) is 13.8 Å². The van der Waals surface area contributed by atoms with Crippen molar-refractivity contribution < 1.29 is 9.67 Å². The predicted octanol–water partition coefficient (Wildman–Crippen LogP) is 7.00. The van der Waals surface area contributed by atoms with Gasteiger partial charge in [0, 0.05) is 39.9 Å². The van der Waals surface area contributed by atoms with Crippen molar-refractivity contribution >= 4 is 23.3 Å². The van der Waals surface area contributed by atoms with E-state index in [1.165, 1.54) is 5.56 Å². The molecule has 0 aliphatic rings. The number of nitrogens with zero attached hydrogens (tertiary/aromatic N) is 4. The van der Waals surface area contributed by atoms with Crippen LogP contribution >= 0.6 is 7.14 Å². The van der Waals surface area contributed by atoms with E-state index in [2.05, 4.69) is 39.8 Å². The number of rotatable bonds is 8. The van der Waals surface area contributed by atoms with Gasteiger partial charge in [-0.05, 0) is 61.8 Å². The number of hydrogen-bond donors (Lipinski definition) is 1. The van der Waals surface area contributed by atoms with Gasteiger partial charge in [0.15, 0.2) is 0 Å². The molecular formula is C32H37N4O2P. The highest BCUT2D eigenvalue weighted by molar-refractivity contribution is 7.70. The van der Waals surface area contributed by atoms with E-state index in [9.17, 15) is 9.67 Å². The van der Waals surface area contributed by atoms with Crippen LogP contribution in [0.5, 0.6) is 0 Å². The average molecular weight is 541 g/mol. The third-order valence-electron chi connectivity index (χ3n) is 7.70. The van der Waals surface area contributed by atoms with E-state index in [1.54, 1.807) is 0 Å². The number of aliphatic hydroxyl groups is 1. The van der Waals surface area contributed by atoms with Gasteiger partial charge in [0.1, 0.15) is 7.14 Å². The Hall–Kier alpha value is -3.47. The summed E-state index contributed by atoms with van der Waals surface area (Å²) in [4.78, 5) is 0. The van der Waals surface area contributed by atoms with Gasteiger partial charge in [-0.1, -0.05) is 63.2 Å². The number of aromatic nitrogens is 4. The fraction of sp³-hybridized carbons (Fsp3) is 0.312. The van der Waals surface area contributed by atoms with Crippen molar-refractivity contribution in [3.05, 3.63) is 95.3 Å². The lowest BCUT2D eigenvalue weighted by Gasteiger charge is -2.15. The molecule has 3 aromatic carbocycles. The molecule has 2 aromatic heterocycles. The SMILES string of the molecule is CC[P@](C)(=O)c1ccc(-n2nc(-c3cccc4nn(C[C@H](O)c5ccccc5)cc34)c(C(C)C)c2C)c(C)c1. The molecule has 0 saturated carbocycles. The van der Waals surface area contributed by atoms with Crippen molar-refractivity contribution in [2.75, 3.05) is 12.8 Å². The van der Waals surface area contributed by atoms with Crippen molar-refractivity contribution in [2.45, 2.75) is 53.2 Å². The van der Waals surface area contributed by atoms with Crippen molar-refractivity contribution in [3.63, 3.8) is 0 Å². The summed E-state index contributed by atoms with van der Waals surface area (Å²) in [6.45, 7) is 12.8. The van der Waals surface area contributed by atoms with Crippen LogP contribution in [0.4, 0.5) is 0 Å². The standard InChI is InChI=1S/C32H37N4O2P/c1-7-39(6,38)25-16-17-29(22(4)18-25)36-23(5)31(21(2)3)32(34-36)26-14-11-15-28-27(26)19-35(33-28)20-30(37)24-12-9-8-10-13-24/h8-19,21,30,37H,7,20H2,1-6H3/t30-,39-/m0/s1. The molecule has 2 heterocycles. The minimum atomic E-state index is -2.36. The Labute approximate surface area is 230 Å². The molecule has 0 bridgehead atoms. The molecule has 1 N–H and O–H groups in total. The van der Waals surface area contributed by atoms with E-state index >= 15 is 0 Å². The van der Waals surface area contributed by atoms with E-state index in [4.69, 9.17) is 10.2 Å². The number of aryl methyl sites for hydroxylation is 1. The zero-order valence-corrected chi connectivity index (χ0v) is 24.5. The third kappa shape index (κ3) is 5.11. The van der Waals surface area contributed by atoms with E-state index in [0.717, 1.165) is 50.0 Å². The summed E-state index contributed by atoms with van der Waals surface area (Å²) < 4.78 is 16.9. The van der Waals surface area contributed by atoms with Gasteiger partial charge in [-0.25, -0.2) is 4.68 Å². The Kier molecular flexibility index (Phi) is 7.37. The fourth-order valence-electron chi connectivity index (χ4n) is 5.34. The number of fused-ring (bicyclic) bond motifs is 1. The van der Waals surface area contributed by atoms with E-state index in [0.29, 0.717) is 12.7 Å². The van der Waals surface area contributed by atoms with E-state index in [1.807, 2.05) is 83.7 Å². The monoisotopic (exact) mass is 540 g/mol. The summed E-state index contributed by atoms with van der Waals surface area (Å²) in [5.74, 6) is 0.259. The maximum atomic E-state index is 13.0. The van der Waals surface area contributed by atoms with Crippen LogP contribution < -0.4 is 5.30 Å². The summed E-state index contributed by atoms with van der Waals surface area (Å²) in [7, 11) is -2.36. The fourth-order valence-corrected chi connectivity index (χ4v) is 6.56. The molecule has 0 unspecified atom stereocenters. The number of hydrogen-bond acceptors (Lipinski definition) is 4. The molecule has 5 aromatic rings. The Morgan fingerprint density at radius 2 is 1.72 bits per heavy atom. The second kappa shape index (κ2) is 10.6. The van der Waals surface area contributed by atoms with Gasteiger partial charge >= 0.3 is 0 Å². The first-order valence-corrected chi connectivity index (χ1v) is 15.9. The lowest BCUT2D eigenvalue weighted by atomic mass is 9.95. The van der Waals surface area contributed by atoms with E-state index in [-0.39, 0.29) is 5.92 Å². The van der Waals surface area contributed by atoms with Gasteiger partial charge < -0.3 is 9.67 Å². The second-order valence-electron chi connectivity index (χ2n) is 10.8. The summed E-state index contributed by atoms with van der Waals surface area (Å²) >= 11 is 0. The highest BCUT2D eigenvalue weighted by atomic mass is 31.2. The Balaban J connectivity index is 1.59. The lowest BCUT2D eigenvalue weighted by Crippen LogP contribution is -2.10. The zero-order chi connectivity index (χ0) is 27.9. The molecule has 0 aliphatic carbocycles. The Bertz CT molecular complexity index is 1680. The van der Waals surface area contributed by atoms with Crippen LogP contribution in [-0.4, -0.2) is 37.5 Å². The molecule has 0 spiro atoms. The topological polar surface area (TPSA) is 72.9 Å². The summed E-state index contributed by atoms with van der Waals surface area (Å²) in [6, 6.07) is 21.9. The van der Waals surface area contributed by atoms with Crippen molar-refractivity contribution in [3.8, 4) is 16.9 Å². The molecule has 0 radical (unpaired) electrons. The largest absolute Gasteiger partial charge is 0.386 e. The molecule has 0 saturated heterocycles. The Morgan fingerprint density at radius 3 is 2.38 bits per heavy atom. The maximum absolute atomic E-state index is 13.0. The first-order valence-electron chi connectivity index (χ1n) is 13.6. The molecule has 6 nitrogen and oxygen atoms in total. The molecule has 7 heteroatoms. The number of aliphatic hydroxyl groups excluding tert-OH is 1. The maximum Gasteiger partial charge on any atom is 0.112 e.